The van der Waals surface area contributed by atoms with Gasteiger partial charge in [0.2, 0.25) is 11.8 Å². The van der Waals surface area contributed by atoms with E-state index in [-0.39, 0.29) is 59.0 Å². The Morgan fingerprint density at radius 1 is 0.979 bits per heavy atom. The molecule has 4 amide bonds. The van der Waals surface area contributed by atoms with Gasteiger partial charge in [0.1, 0.15) is 11.2 Å². The summed E-state index contributed by atoms with van der Waals surface area (Å²) in [5.74, 6) is -0.356. The first kappa shape index (κ1) is 34.5. The standard InChI is InChI=1S/C37H51FN6O3S/c1-24-22-42(23-25(2)39-24)33-28(10-8-11-29(33)38)35-44(20-16-37(3,4)5)34(46)31(48-35)21-32(45)41-17-14-27(15-18-41)43-19-13-26-9-6-7-12-30(26)40-36(43)47/h6-12,24-25,27,31,35,39H,13-23H2,1-5H3,(H,40,47)/t24-,25+,31-,35-/m0/s1. The smallest absolute Gasteiger partial charge is 0.322 e. The van der Waals surface area contributed by atoms with Crippen molar-refractivity contribution in [2.75, 3.05) is 49.5 Å². The van der Waals surface area contributed by atoms with Gasteiger partial charge < -0.3 is 30.2 Å². The normalized spacial score (nSPS) is 25.6. The number of amides is 4. The molecule has 11 heteroatoms. The summed E-state index contributed by atoms with van der Waals surface area (Å²) in [6, 6.07) is 13.5. The SMILES string of the molecule is C[C@@H]1CN(c2c(F)cccc2[C@@H]2S[C@@H](CC(=O)N3CCC(N4CCc5ccccc5NC4=O)CC3)C(=O)N2CCC(C)(C)C)C[C@H](C)N1. The molecule has 0 bridgehead atoms. The minimum atomic E-state index is -0.535. The summed E-state index contributed by atoms with van der Waals surface area (Å²) in [7, 11) is 0. The minimum Gasteiger partial charge on any atom is -0.366 e. The molecule has 4 aliphatic rings. The van der Waals surface area contributed by atoms with Crippen molar-refractivity contribution >= 4 is 41.0 Å². The van der Waals surface area contributed by atoms with Gasteiger partial charge in [-0.15, -0.1) is 11.8 Å². The molecule has 4 heterocycles. The predicted molar refractivity (Wildman–Crippen MR) is 191 cm³/mol. The van der Waals surface area contributed by atoms with Gasteiger partial charge in [-0.2, -0.15) is 0 Å². The highest BCUT2D eigenvalue weighted by atomic mass is 32.2. The number of benzene rings is 2. The van der Waals surface area contributed by atoms with Crippen LogP contribution in [0.1, 0.15) is 76.8 Å². The van der Waals surface area contributed by atoms with Crippen molar-refractivity contribution in [3.63, 3.8) is 0 Å². The Morgan fingerprint density at radius 3 is 2.40 bits per heavy atom. The van der Waals surface area contributed by atoms with Crippen LogP contribution in [0.15, 0.2) is 42.5 Å². The van der Waals surface area contributed by atoms with Gasteiger partial charge in [-0.25, -0.2) is 9.18 Å². The minimum absolute atomic E-state index is 0.00891. The number of piperidine rings is 1. The lowest BCUT2D eigenvalue weighted by Crippen LogP contribution is -2.54. The molecule has 2 N–H and O–H groups in total. The van der Waals surface area contributed by atoms with Gasteiger partial charge in [0, 0.05) is 75.1 Å². The predicted octanol–water partition coefficient (Wildman–Crippen LogP) is 5.86. The van der Waals surface area contributed by atoms with Crippen LogP contribution in [0.3, 0.4) is 0 Å². The molecule has 3 saturated heterocycles. The molecular formula is C37H51FN6O3S. The summed E-state index contributed by atoms with van der Waals surface area (Å²) in [6.07, 6.45) is 3.11. The number of fused-ring (bicyclic) bond motifs is 1. The van der Waals surface area contributed by atoms with Crippen molar-refractivity contribution in [2.45, 2.75) is 95.5 Å². The van der Waals surface area contributed by atoms with Crippen LogP contribution in [0.2, 0.25) is 0 Å². The highest BCUT2D eigenvalue weighted by molar-refractivity contribution is 8.01. The monoisotopic (exact) mass is 678 g/mol. The molecule has 260 valence electrons. The van der Waals surface area contributed by atoms with Crippen LogP contribution in [0, 0.1) is 11.2 Å². The summed E-state index contributed by atoms with van der Waals surface area (Å²) in [5.41, 5.74) is 3.39. The third kappa shape index (κ3) is 7.62. The van der Waals surface area contributed by atoms with Gasteiger partial charge in [0.25, 0.3) is 0 Å². The average molecular weight is 679 g/mol. The summed E-state index contributed by atoms with van der Waals surface area (Å²) < 4.78 is 15.7. The van der Waals surface area contributed by atoms with E-state index in [4.69, 9.17) is 0 Å². The van der Waals surface area contributed by atoms with E-state index >= 15 is 4.39 Å². The van der Waals surface area contributed by atoms with E-state index in [2.05, 4.69) is 56.2 Å². The van der Waals surface area contributed by atoms with Crippen molar-refractivity contribution in [1.82, 2.24) is 20.0 Å². The van der Waals surface area contributed by atoms with Crippen LogP contribution < -0.4 is 15.5 Å². The van der Waals surface area contributed by atoms with Gasteiger partial charge in [-0.3, -0.25) is 9.59 Å². The van der Waals surface area contributed by atoms with Crippen LogP contribution >= 0.6 is 11.8 Å². The van der Waals surface area contributed by atoms with Crippen molar-refractivity contribution in [2.24, 2.45) is 5.41 Å². The summed E-state index contributed by atoms with van der Waals surface area (Å²) in [4.78, 5) is 48.7. The van der Waals surface area contributed by atoms with Crippen LogP contribution in [0.5, 0.6) is 0 Å². The van der Waals surface area contributed by atoms with Gasteiger partial charge in [0.05, 0.1) is 10.9 Å². The Balaban J connectivity index is 1.14. The zero-order valence-electron chi connectivity index (χ0n) is 29.0. The number of carbonyl (C=O) groups is 3. The molecule has 0 unspecified atom stereocenters. The van der Waals surface area contributed by atoms with Crippen molar-refractivity contribution < 1.29 is 18.8 Å². The Labute approximate surface area is 289 Å². The Bertz CT molecular complexity index is 1500. The molecule has 2 aromatic rings. The number of hydrogen-bond donors (Lipinski definition) is 2. The van der Waals surface area contributed by atoms with E-state index < -0.39 is 5.25 Å². The first-order chi connectivity index (χ1) is 22.9. The zero-order valence-corrected chi connectivity index (χ0v) is 29.8. The fourth-order valence-corrected chi connectivity index (χ4v) is 9.17. The number of anilines is 2. The van der Waals surface area contributed by atoms with E-state index in [0.717, 1.165) is 29.7 Å². The number of carbonyl (C=O) groups excluding carboxylic acids is 3. The first-order valence-electron chi connectivity index (χ1n) is 17.6. The Morgan fingerprint density at radius 2 is 1.69 bits per heavy atom. The number of rotatable bonds is 7. The second-order valence-corrected chi connectivity index (χ2v) is 16.5. The summed E-state index contributed by atoms with van der Waals surface area (Å²) in [6.45, 7) is 14.3. The number of para-hydroxylation sites is 2. The number of halogens is 1. The van der Waals surface area contributed by atoms with Crippen LogP contribution in [0.4, 0.5) is 20.6 Å². The topological polar surface area (TPSA) is 88.2 Å². The second kappa shape index (κ2) is 14.3. The lowest BCUT2D eigenvalue weighted by molar-refractivity contribution is -0.137. The molecule has 4 aliphatic heterocycles. The van der Waals surface area contributed by atoms with Gasteiger partial charge in [0.15, 0.2) is 0 Å². The molecular weight excluding hydrogens is 628 g/mol. The van der Waals surface area contributed by atoms with E-state index in [1.165, 1.54) is 17.8 Å². The largest absolute Gasteiger partial charge is 0.366 e. The second-order valence-electron chi connectivity index (χ2n) is 15.2. The maximum atomic E-state index is 15.7. The van der Waals surface area contributed by atoms with Crippen molar-refractivity contribution in [1.29, 1.82) is 0 Å². The zero-order chi connectivity index (χ0) is 34.2. The quantitative estimate of drug-likeness (QED) is 0.382. The number of piperazine rings is 1. The number of nitrogens with zero attached hydrogens (tertiary/aromatic N) is 4. The highest BCUT2D eigenvalue weighted by Gasteiger charge is 2.45. The van der Waals surface area contributed by atoms with E-state index in [9.17, 15) is 14.4 Å². The van der Waals surface area contributed by atoms with Crippen molar-refractivity contribution in [3.05, 3.63) is 59.4 Å². The van der Waals surface area contributed by atoms with Gasteiger partial charge in [-0.1, -0.05) is 51.1 Å². The molecule has 9 nitrogen and oxygen atoms in total. The third-order valence-corrected chi connectivity index (χ3v) is 11.6. The Kier molecular flexibility index (Phi) is 10.3. The lowest BCUT2D eigenvalue weighted by Gasteiger charge is -2.39. The third-order valence-electron chi connectivity index (χ3n) is 10.2. The van der Waals surface area contributed by atoms with E-state index in [1.807, 2.05) is 39.0 Å². The molecule has 0 aliphatic carbocycles. The van der Waals surface area contributed by atoms with Gasteiger partial charge in [-0.05, 0) is 62.6 Å². The molecule has 4 atom stereocenters. The Hall–Kier alpha value is -3.31. The van der Waals surface area contributed by atoms with E-state index in [0.29, 0.717) is 57.8 Å². The van der Waals surface area contributed by atoms with Crippen LogP contribution in [0.25, 0.3) is 0 Å². The molecule has 48 heavy (non-hydrogen) atoms. The summed E-state index contributed by atoms with van der Waals surface area (Å²) >= 11 is 1.49. The lowest BCUT2D eigenvalue weighted by atomic mass is 9.92. The molecule has 3 fully saturated rings. The van der Waals surface area contributed by atoms with Gasteiger partial charge >= 0.3 is 6.03 Å². The van der Waals surface area contributed by atoms with Crippen LogP contribution in [-0.2, 0) is 16.0 Å². The number of urea groups is 1. The molecule has 0 spiro atoms. The fraction of sp³-hybridized carbons (Fsp3) is 0.595. The number of nitrogens with one attached hydrogen (secondary N) is 2. The average Bonchev–Trinajstić information content (AvgIpc) is 3.23. The molecule has 0 radical (unpaired) electrons. The highest BCUT2D eigenvalue weighted by Crippen LogP contribution is 2.48. The molecule has 0 aromatic heterocycles. The van der Waals surface area contributed by atoms with E-state index in [1.54, 1.807) is 6.07 Å². The fourth-order valence-electron chi connectivity index (χ4n) is 7.67. The maximum Gasteiger partial charge on any atom is 0.322 e. The number of hydrogen-bond acceptors (Lipinski definition) is 6. The number of thioether (sulfide) groups is 1. The first-order valence-corrected chi connectivity index (χ1v) is 18.5. The summed E-state index contributed by atoms with van der Waals surface area (Å²) in [5, 5.41) is 5.68. The molecule has 0 saturated carbocycles. The number of likely N-dealkylation sites (tertiary alicyclic amines) is 1. The molecule has 6 rings (SSSR count). The molecule has 2 aromatic carbocycles. The van der Waals surface area contributed by atoms with Crippen molar-refractivity contribution in [3.8, 4) is 0 Å². The van der Waals surface area contributed by atoms with Crippen LogP contribution in [-0.4, -0.2) is 95.2 Å². The maximum absolute atomic E-state index is 15.7.